The summed E-state index contributed by atoms with van der Waals surface area (Å²) in [6.07, 6.45) is 3.75. The molecule has 2 aliphatic rings. The van der Waals surface area contributed by atoms with E-state index in [0.29, 0.717) is 47.8 Å². The van der Waals surface area contributed by atoms with E-state index in [2.05, 4.69) is 10.6 Å². The molecular weight excluding hydrogens is 339 g/mol. The fourth-order valence-electron chi connectivity index (χ4n) is 2.88. The van der Waals surface area contributed by atoms with Crippen molar-refractivity contribution in [2.75, 3.05) is 31.6 Å². The number of amides is 1. The number of nitrogens with one attached hydrogen (secondary N) is 2. The fourth-order valence-corrected chi connectivity index (χ4v) is 3.08. The Balaban J connectivity index is 0.00000192. The first-order chi connectivity index (χ1) is 10.7. The monoisotopic (exact) mass is 360 g/mol. The Morgan fingerprint density at radius 3 is 2.57 bits per heavy atom. The first kappa shape index (κ1) is 18.2. The molecule has 1 aromatic rings. The van der Waals surface area contributed by atoms with E-state index in [1.807, 2.05) is 0 Å². The number of ether oxygens (including phenoxy) is 2. The highest BCUT2D eigenvalue weighted by Crippen LogP contribution is 2.38. The largest absolute Gasteiger partial charge is 0.486 e. The fraction of sp³-hybridized carbons (Fsp3) is 0.562. The summed E-state index contributed by atoms with van der Waals surface area (Å²) in [6, 6.07) is 3.43. The SMILES string of the molecule is Cl.O=C(CCC1CCNCC1)Nc1cc2c(cc1Cl)OCCO2. The summed E-state index contributed by atoms with van der Waals surface area (Å²) in [4.78, 5) is 12.1. The van der Waals surface area contributed by atoms with Crippen molar-refractivity contribution in [3.63, 3.8) is 0 Å². The minimum absolute atomic E-state index is 0. The van der Waals surface area contributed by atoms with Crippen molar-refractivity contribution in [2.24, 2.45) is 5.92 Å². The average Bonchev–Trinajstić information content (AvgIpc) is 2.55. The lowest BCUT2D eigenvalue weighted by Gasteiger charge is -2.22. The lowest BCUT2D eigenvalue weighted by molar-refractivity contribution is -0.116. The van der Waals surface area contributed by atoms with E-state index in [-0.39, 0.29) is 18.3 Å². The summed E-state index contributed by atoms with van der Waals surface area (Å²) in [5.41, 5.74) is 0.584. The zero-order valence-electron chi connectivity index (χ0n) is 12.9. The van der Waals surface area contributed by atoms with E-state index in [0.717, 1.165) is 32.4 Å². The molecule has 0 atom stereocenters. The summed E-state index contributed by atoms with van der Waals surface area (Å²) in [5, 5.41) is 6.68. The highest BCUT2D eigenvalue weighted by Gasteiger charge is 2.18. The molecule has 23 heavy (non-hydrogen) atoms. The van der Waals surface area contributed by atoms with Crippen molar-refractivity contribution < 1.29 is 14.3 Å². The van der Waals surface area contributed by atoms with Gasteiger partial charge in [-0.1, -0.05) is 11.6 Å². The Morgan fingerprint density at radius 1 is 1.22 bits per heavy atom. The quantitative estimate of drug-likeness (QED) is 0.864. The van der Waals surface area contributed by atoms with Crippen LogP contribution in [0.1, 0.15) is 25.7 Å². The molecule has 0 unspecified atom stereocenters. The van der Waals surface area contributed by atoms with Crippen molar-refractivity contribution in [3.05, 3.63) is 17.2 Å². The number of anilines is 1. The van der Waals surface area contributed by atoms with Crippen LogP contribution >= 0.6 is 24.0 Å². The number of hydrogen-bond acceptors (Lipinski definition) is 4. The maximum atomic E-state index is 12.1. The third kappa shape index (κ3) is 4.90. The molecule has 0 aromatic heterocycles. The highest BCUT2D eigenvalue weighted by atomic mass is 35.5. The van der Waals surface area contributed by atoms with Gasteiger partial charge in [0.05, 0.1) is 10.7 Å². The molecule has 1 aromatic carbocycles. The highest BCUT2D eigenvalue weighted by molar-refractivity contribution is 6.34. The lowest BCUT2D eigenvalue weighted by atomic mass is 9.93. The van der Waals surface area contributed by atoms with Gasteiger partial charge in [-0.3, -0.25) is 4.79 Å². The smallest absolute Gasteiger partial charge is 0.224 e. The van der Waals surface area contributed by atoms with Crippen LogP contribution < -0.4 is 20.1 Å². The molecular formula is C16H22Cl2N2O3. The van der Waals surface area contributed by atoms with Crippen LogP contribution in [0.3, 0.4) is 0 Å². The number of carbonyl (C=O) groups excluding carboxylic acids is 1. The van der Waals surface area contributed by atoms with Gasteiger partial charge >= 0.3 is 0 Å². The molecule has 0 bridgehead atoms. The second kappa shape index (κ2) is 8.62. The van der Waals surface area contributed by atoms with Crippen LogP contribution in [0.15, 0.2) is 12.1 Å². The molecule has 0 radical (unpaired) electrons. The third-order valence-electron chi connectivity index (χ3n) is 4.14. The normalized spacial score (nSPS) is 17.3. The van der Waals surface area contributed by atoms with Crippen LogP contribution in [0.2, 0.25) is 5.02 Å². The summed E-state index contributed by atoms with van der Waals surface area (Å²) in [7, 11) is 0. The Bertz CT molecular complexity index is 548. The maximum Gasteiger partial charge on any atom is 0.224 e. The van der Waals surface area contributed by atoms with Gasteiger partial charge < -0.3 is 20.1 Å². The van der Waals surface area contributed by atoms with E-state index in [4.69, 9.17) is 21.1 Å². The standard InChI is InChI=1S/C16H21ClN2O3.ClH/c17-12-9-14-15(22-8-7-21-14)10-13(12)19-16(20)2-1-11-3-5-18-6-4-11;/h9-11,18H,1-8H2,(H,19,20);1H. The molecule has 1 fully saturated rings. The van der Waals surface area contributed by atoms with Gasteiger partial charge in [-0.2, -0.15) is 0 Å². The molecule has 2 N–H and O–H groups in total. The third-order valence-corrected chi connectivity index (χ3v) is 4.46. The van der Waals surface area contributed by atoms with Crippen LogP contribution in [-0.2, 0) is 4.79 Å². The molecule has 0 aliphatic carbocycles. The van der Waals surface area contributed by atoms with Gasteiger partial charge in [-0.25, -0.2) is 0 Å². The van der Waals surface area contributed by atoms with Gasteiger partial charge in [0.2, 0.25) is 5.91 Å². The zero-order chi connectivity index (χ0) is 15.4. The molecule has 0 saturated carbocycles. The predicted molar refractivity (Wildman–Crippen MR) is 93.1 cm³/mol. The minimum atomic E-state index is -0.00268. The van der Waals surface area contributed by atoms with Crippen LogP contribution in [0.25, 0.3) is 0 Å². The van der Waals surface area contributed by atoms with E-state index in [1.165, 1.54) is 0 Å². The molecule has 2 heterocycles. The average molecular weight is 361 g/mol. The van der Waals surface area contributed by atoms with E-state index >= 15 is 0 Å². The minimum Gasteiger partial charge on any atom is -0.486 e. The molecule has 0 spiro atoms. The van der Waals surface area contributed by atoms with E-state index in [1.54, 1.807) is 12.1 Å². The maximum absolute atomic E-state index is 12.1. The number of carbonyl (C=O) groups is 1. The summed E-state index contributed by atoms with van der Waals surface area (Å²) < 4.78 is 11.0. The second-order valence-corrected chi connectivity index (χ2v) is 6.16. The first-order valence-electron chi connectivity index (χ1n) is 7.82. The van der Waals surface area contributed by atoms with Crippen LogP contribution in [-0.4, -0.2) is 32.2 Å². The zero-order valence-corrected chi connectivity index (χ0v) is 14.5. The summed E-state index contributed by atoms with van der Waals surface area (Å²) in [6.45, 7) is 3.14. The number of halogens is 2. The molecule has 128 valence electrons. The van der Waals surface area contributed by atoms with Gasteiger partial charge in [-0.15, -0.1) is 12.4 Å². The molecule has 2 aliphatic heterocycles. The molecule has 1 saturated heterocycles. The van der Waals surface area contributed by atoms with Crippen molar-refractivity contribution in [1.82, 2.24) is 5.32 Å². The molecule has 3 rings (SSSR count). The number of hydrogen-bond donors (Lipinski definition) is 2. The van der Waals surface area contributed by atoms with Crippen molar-refractivity contribution in [1.29, 1.82) is 0 Å². The number of fused-ring (bicyclic) bond motifs is 1. The topological polar surface area (TPSA) is 59.6 Å². The van der Waals surface area contributed by atoms with Crippen molar-refractivity contribution in [3.8, 4) is 11.5 Å². The molecule has 7 heteroatoms. The molecule has 1 amide bonds. The van der Waals surface area contributed by atoms with Gasteiger partial charge in [-0.05, 0) is 38.3 Å². The van der Waals surface area contributed by atoms with Crippen LogP contribution in [0, 0.1) is 5.92 Å². The summed E-state index contributed by atoms with van der Waals surface area (Å²) in [5.74, 6) is 1.90. The second-order valence-electron chi connectivity index (χ2n) is 5.76. The van der Waals surface area contributed by atoms with Gasteiger partial charge in [0, 0.05) is 18.6 Å². The number of benzene rings is 1. The Kier molecular flexibility index (Phi) is 6.81. The van der Waals surface area contributed by atoms with Crippen LogP contribution in [0.4, 0.5) is 5.69 Å². The Hall–Kier alpha value is -1.17. The number of rotatable bonds is 4. The van der Waals surface area contributed by atoms with E-state index in [9.17, 15) is 4.79 Å². The lowest BCUT2D eigenvalue weighted by Crippen LogP contribution is -2.28. The van der Waals surface area contributed by atoms with Gasteiger partial charge in [0.15, 0.2) is 11.5 Å². The van der Waals surface area contributed by atoms with Crippen molar-refractivity contribution >= 4 is 35.6 Å². The van der Waals surface area contributed by atoms with Gasteiger partial charge in [0.1, 0.15) is 13.2 Å². The summed E-state index contributed by atoms with van der Waals surface area (Å²) >= 11 is 6.20. The molecule has 5 nitrogen and oxygen atoms in total. The number of piperidine rings is 1. The Morgan fingerprint density at radius 2 is 1.87 bits per heavy atom. The van der Waals surface area contributed by atoms with Gasteiger partial charge in [0.25, 0.3) is 0 Å². The van der Waals surface area contributed by atoms with Crippen molar-refractivity contribution in [2.45, 2.75) is 25.7 Å². The predicted octanol–water partition coefficient (Wildman–Crippen LogP) is 3.25. The Labute approximate surface area is 147 Å². The van der Waals surface area contributed by atoms with Crippen LogP contribution in [0.5, 0.6) is 11.5 Å². The first-order valence-corrected chi connectivity index (χ1v) is 8.20. The van der Waals surface area contributed by atoms with E-state index < -0.39 is 0 Å².